The molecule has 1 unspecified atom stereocenters. The van der Waals surface area contributed by atoms with Crippen molar-refractivity contribution in [2.24, 2.45) is 20.5 Å². The minimum absolute atomic E-state index is 0.0727. The zero-order valence-corrected chi connectivity index (χ0v) is 38.4. The Balaban J connectivity index is 1.07. The molecule has 0 aliphatic carbocycles. The number of carbonyl (C=O) groups is 2. The highest BCUT2D eigenvalue weighted by Gasteiger charge is 2.22. The molecular formula is C48H64N5O10P. The van der Waals surface area contributed by atoms with Crippen LogP contribution in [0.3, 0.4) is 0 Å². The van der Waals surface area contributed by atoms with Crippen molar-refractivity contribution in [3.8, 4) is 11.5 Å². The molecule has 0 fully saturated rings. The zero-order valence-electron chi connectivity index (χ0n) is 37.5. The van der Waals surface area contributed by atoms with Gasteiger partial charge in [0.05, 0.1) is 63.7 Å². The highest BCUT2D eigenvalue weighted by Crippen LogP contribution is 2.38. The molecule has 4 aromatic carbocycles. The van der Waals surface area contributed by atoms with E-state index in [-0.39, 0.29) is 26.1 Å². The predicted molar refractivity (Wildman–Crippen MR) is 244 cm³/mol. The van der Waals surface area contributed by atoms with Crippen molar-refractivity contribution in [3.05, 3.63) is 109 Å². The predicted octanol–water partition coefficient (Wildman–Crippen LogP) is 11.3. The molecule has 64 heavy (non-hydrogen) atoms. The third kappa shape index (κ3) is 23.9. The Morgan fingerprint density at radius 3 is 1.42 bits per heavy atom. The molecule has 0 aromatic heterocycles. The van der Waals surface area contributed by atoms with Crippen molar-refractivity contribution in [2.45, 2.75) is 83.2 Å². The van der Waals surface area contributed by atoms with Gasteiger partial charge in [-0.25, -0.2) is 0 Å². The number of ether oxygens (including phenoxy) is 4. The van der Waals surface area contributed by atoms with Crippen LogP contribution in [0.2, 0.25) is 0 Å². The summed E-state index contributed by atoms with van der Waals surface area (Å²) in [4.78, 5) is 37.8. The minimum atomic E-state index is -4.69. The molecule has 16 heteroatoms. The number of quaternary nitrogens is 1. The average Bonchev–Trinajstić information content (AvgIpc) is 3.28. The number of likely N-dealkylation sites (N-methyl/N-ethyl adjacent to an activating group) is 1. The maximum Gasteiger partial charge on any atom is 0.306 e. The summed E-state index contributed by atoms with van der Waals surface area (Å²) in [7, 11) is 1.02. The van der Waals surface area contributed by atoms with Crippen molar-refractivity contribution in [3.63, 3.8) is 0 Å². The van der Waals surface area contributed by atoms with Crippen LogP contribution in [0.1, 0.15) is 77.0 Å². The van der Waals surface area contributed by atoms with Crippen LogP contribution in [0.25, 0.3) is 0 Å². The number of rotatable bonds is 32. The lowest BCUT2D eigenvalue weighted by atomic mass is 10.1. The lowest BCUT2D eigenvalue weighted by Gasteiger charge is -2.28. The van der Waals surface area contributed by atoms with Gasteiger partial charge < -0.3 is 37.4 Å². The van der Waals surface area contributed by atoms with E-state index in [0.717, 1.165) is 85.6 Å². The SMILES string of the molecule is C[N+](C)(C)CCOP(=O)([O-])OC[C@@H](COC(=O)CCCCCCCOc1ccc(N=Nc2ccccc2)cc1)OC(=O)CCCCCCCOc1ccc(N=Nc2ccccc2)cc1. The second-order valence-corrected chi connectivity index (χ2v) is 17.6. The van der Waals surface area contributed by atoms with E-state index in [9.17, 15) is 19.0 Å². The number of phosphoric ester groups is 1. The largest absolute Gasteiger partial charge is 0.756 e. The third-order valence-corrected chi connectivity index (χ3v) is 10.5. The van der Waals surface area contributed by atoms with Crippen LogP contribution in [-0.2, 0) is 32.7 Å². The van der Waals surface area contributed by atoms with Gasteiger partial charge in [-0.05, 0) is 98.5 Å². The van der Waals surface area contributed by atoms with Crippen molar-refractivity contribution in [1.82, 2.24) is 0 Å². The van der Waals surface area contributed by atoms with E-state index in [1.165, 1.54) is 0 Å². The van der Waals surface area contributed by atoms with Gasteiger partial charge in [-0.15, -0.1) is 0 Å². The van der Waals surface area contributed by atoms with Gasteiger partial charge in [-0.1, -0.05) is 74.9 Å². The molecule has 346 valence electrons. The van der Waals surface area contributed by atoms with Crippen LogP contribution in [0, 0.1) is 0 Å². The molecule has 0 heterocycles. The Morgan fingerprint density at radius 2 is 0.953 bits per heavy atom. The van der Waals surface area contributed by atoms with E-state index in [1.54, 1.807) is 0 Å². The van der Waals surface area contributed by atoms with E-state index >= 15 is 0 Å². The van der Waals surface area contributed by atoms with Crippen LogP contribution >= 0.6 is 7.82 Å². The maximum atomic E-state index is 12.8. The summed E-state index contributed by atoms with van der Waals surface area (Å²) in [5, 5.41) is 16.9. The highest BCUT2D eigenvalue weighted by atomic mass is 31.2. The van der Waals surface area contributed by atoms with Crippen molar-refractivity contribution < 1.29 is 51.5 Å². The summed E-state index contributed by atoms with van der Waals surface area (Å²) in [5.74, 6) is 0.522. The Bertz CT molecular complexity index is 2020. The van der Waals surface area contributed by atoms with Crippen LogP contribution in [0.15, 0.2) is 130 Å². The molecule has 2 atom stereocenters. The fraction of sp³-hybridized carbons (Fsp3) is 0.458. The summed E-state index contributed by atoms with van der Waals surface area (Å²) in [6.45, 7) is 0.631. The number of nitrogens with zero attached hydrogens (tertiary/aromatic N) is 5. The van der Waals surface area contributed by atoms with Gasteiger partial charge in [0.2, 0.25) is 0 Å². The standard InChI is InChI=1S/C48H64N5O10P/c1-53(2,3)34-37-61-64(56,57)62-39-46(63-48(55)25-17-7-5-9-19-36-59-45-32-28-43(29-33-45)52-50-41-22-14-11-15-23-41)38-60-47(54)24-16-6-4-8-18-35-58-44-30-26-42(27-31-44)51-49-40-20-12-10-13-21-40/h10-15,20-23,26-33,46H,4-9,16-19,24-25,34-39H2,1-3H3/t46-/m1/s1. The molecular weight excluding hydrogens is 838 g/mol. The molecule has 0 radical (unpaired) electrons. The van der Waals surface area contributed by atoms with E-state index in [2.05, 4.69) is 20.5 Å². The Labute approximate surface area is 378 Å². The van der Waals surface area contributed by atoms with Gasteiger partial charge >= 0.3 is 11.9 Å². The summed E-state index contributed by atoms with van der Waals surface area (Å²) in [6, 6.07) is 34.0. The van der Waals surface area contributed by atoms with Gasteiger partial charge in [0.15, 0.2) is 6.10 Å². The quantitative estimate of drug-likeness (QED) is 0.0150. The smallest absolute Gasteiger partial charge is 0.306 e. The van der Waals surface area contributed by atoms with Crippen molar-refractivity contribution in [2.75, 3.05) is 60.7 Å². The molecule has 0 bridgehead atoms. The number of phosphoric acid groups is 1. The molecule has 0 spiro atoms. The van der Waals surface area contributed by atoms with Crippen LogP contribution in [0.5, 0.6) is 11.5 Å². The second kappa shape index (κ2) is 29.2. The van der Waals surface area contributed by atoms with Crippen LogP contribution < -0.4 is 14.4 Å². The fourth-order valence-corrected chi connectivity index (χ4v) is 6.61. The van der Waals surface area contributed by atoms with E-state index in [1.807, 2.05) is 130 Å². The minimum Gasteiger partial charge on any atom is -0.756 e. The first kappa shape index (κ1) is 51.3. The van der Waals surface area contributed by atoms with Gasteiger partial charge in [-0.3, -0.25) is 14.2 Å². The summed E-state index contributed by atoms with van der Waals surface area (Å²) >= 11 is 0. The molecule has 0 saturated carbocycles. The molecule has 0 saturated heterocycles. The molecule has 4 rings (SSSR count). The number of carbonyl (C=O) groups excluding carboxylic acids is 2. The number of benzene rings is 4. The van der Waals surface area contributed by atoms with Crippen LogP contribution in [-0.4, -0.2) is 83.2 Å². The maximum absolute atomic E-state index is 12.8. The lowest BCUT2D eigenvalue weighted by Crippen LogP contribution is -2.37. The average molecular weight is 902 g/mol. The van der Waals surface area contributed by atoms with Gasteiger partial charge in [-0.2, -0.15) is 20.5 Å². The first-order valence-corrected chi connectivity index (χ1v) is 23.5. The highest BCUT2D eigenvalue weighted by molar-refractivity contribution is 7.45. The monoisotopic (exact) mass is 901 g/mol. The number of hydrogen-bond donors (Lipinski definition) is 0. The zero-order chi connectivity index (χ0) is 45.7. The van der Waals surface area contributed by atoms with Crippen LogP contribution in [0.4, 0.5) is 22.7 Å². The van der Waals surface area contributed by atoms with E-state index < -0.39 is 32.5 Å². The van der Waals surface area contributed by atoms with Gasteiger partial charge in [0.1, 0.15) is 31.3 Å². The molecule has 0 N–H and O–H groups in total. The molecule has 0 aliphatic rings. The summed E-state index contributed by atoms with van der Waals surface area (Å²) in [5.41, 5.74) is 3.05. The Hall–Kier alpha value is -5.31. The lowest BCUT2D eigenvalue weighted by molar-refractivity contribution is -0.870. The van der Waals surface area contributed by atoms with Crippen molar-refractivity contribution in [1.29, 1.82) is 0 Å². The number of unbranched alkanes of at least 4 members (excludes halogenated alkanes) is 8. The first-order valence-electron chi connectivity index (χ1n) is 22.1. The Kier molecular flexibility index (Phi) is 23.4. The molecule has 0 amide bonds. The number of azo groups is 2. The normalized spacial score (nSPS) is 13.1. The van der Waals surface area contributed by atoms with Gasteiger partial charge in [0.25, 0.3) is 7.82 Å². The number of esters is 2. The van der Waals surface area contributed by atoms with E-state index in [0.29, 0.717) is 37.1 Å². The summed E-state index contributed by atoms with van der Waals surface area (Å²) < 4.78 is 45.6. The van der Waals surface area contributed by atoms with E-state index in [4.69, 9.17) is 28.0 Å². The second-order valence-electron chi connectivity index (χ2n) is 16.2. The van der Waals surface area contributed by atoms with Crippen molar-refractivity contribution >= 4 is 42.5 Å². The molecule has 4 aromatic rings. The molecule has 0 aliphatic heterocycles. The first-order chi connectivity index (χ1) is 30.9. The topological polar surface area (TPSA) is 179 Å². The molecule has 15 nitrogen and oxygen atoms in total. The Morgan fingerprint density at radius 1 is 0.531 bits per heavy atom. The fourth-order valence-electron chi connectivity index (χ4n) is 5.88. The third-order valence-electron chi connectivity index (χ3n) is 9.49. The van der Waals surface area contributed by atoms with Gasteiger partial charge in [0, 0.05) is 12.8 Å². The number of hydrogen-bond acceptors (Lipinski definition) is 14. The summed E-state index contributed by atoms with van der Waals surface area (Å²) in [6.07, 6.45) is 7.43.